The summed E-state index contributed by atoms with van der Waals surface area (Å²) in [4.78, 5) is 19.3. The van der Waals surface area contributed by atoms with Crippen LogP contribution in [0.3, 0.4) is 0 Å². The molecule has 0 unspecified atom stereocenters. The molecule has 2 aromatic rings. The van der Waals surface area contributed by atoms with Crippen molar-refractivity contribution in [2.75, 3.05) is 12.4 Å². The molecule has 0 aliphatic rings. The Morgan fingerprint density at radius 3 is 2.94 bits per heavy atom. The van der Waals surface area contributed by atoms with Crippen molar-refractivity contribution in [3.8, 4) is 5.75 Å². The Bertz CT molecular complexity index is 575. The number of rotatable bonds is 3. The minimum atomic E-state index is -0.568. The molecule has 0 radical (unpaired) electrons. The maximum absolute atomic E-state index is 12.9. The minimum Gasteiger partial charge on any atom is -0.497 e. The lowest BCUT2D eigenvalue weighted by molar-refractivity contribution is 0.102. The van der Waals surface area contributed by atoms with Crippen LogP contribution in [0.2, 0.25) is 0 Å². The van der Waals surface area contributed by atoms with Gasteiger partial charge in [0, 0.05) is 18.5 Å². The summed E-state index contributed by atoms with van der Waals surface area (Å²) in [5, 5.41) is 2.52. The van der Waals surface area contributed by atoms with Gasteiger partial charge in [-0.1, -0.05) is 0 Å². The quantitative estimate of drug-likeness (QED) is 0.899. The number of nitrogens with one attached hydrogen (secondary N) is 1. The van der Waals surface area contributed by atoms with Crippen LogP contribution in [0.5, 0.6) is 5.75 Å². The molecule has 0 aliphatic heterocycles. The van der Waals surface area contributed by atoms with Crippen LogP contribution in [-0.2, 0) is 0 Å². The summed E-state index contributed by atoms with van der Waals surface area (Å²) in [6.45, 7) is 0. The highest BCUT2D eigenvalue weighted by Gasteiger charge is 2.08. The van der Waals surface area contributed by atoms with E-state index in [1.54, 1.807) is 12.1 Å². The summed E-state index contributed by atoms with van der Waals surface area (Å²) in [7, 11) is 1.51. The van der Waals surface area contributed by atoms with Crippen molar-refractivity contribution >= 4 is 11.7 Å². The molecule has 0 bridgehead atoms. The second kappa shape index (κ2) is 5.22. The highest BCUT2D eigenvalue weighted by molar-refractivity contribution is 6.03. The van der Waals surface area contributed by atoms with Crippen LogP contribution in [0, 0.1) is 5.82 Å². The number of anilines is 1. The predicted octanol–water partition coefficient (Wildman–Crippen LogP) is 1.88. The molecule has 0 atom stereocenters. The Labute approximate surface area is 103 Å². The number of halogens is 1. The Morgan fingerprint density at radius 2 is 2.22 bits per heavy atom. The molecule has 2 rings (SSSR count). The summed E-state index contributed by atoms with van der Waals surface area (Å²) >= 11 is 0. The summed E-state index contributed by atoms with van der Waals surface area (Å²) in [6.07, 6.45) is 3.80. The molecule has 18 heavy (non-hydrogen) atoms. The van der Waals surface area contributed by atoms with E-state index >= 15 is 0 Å². The standard InChI is InChI=1S/C12H10FN3O2/c1-18-10-2-3-15-11(5-10)16-12(17)8-4-9(13)7-14-6-8/h2-7H,1H3,(H,15,16,17). The van der Waals surface area contributed by atoms with Crippen molar-refractivity contribution in [2.24, 2.45) is 0 Å². The average Bonchev–Trinajstić information content (AvgIpc) is 2.39. The zero-order valence-electron chi connectivity index (χ0n) is 9.55. The summed E-state index contributed by atoms with van der Waals surface area (Å²) < 4.78 is 17.9. The van der Waals surface area contributed by atoms with Crippen LogP contribution < -0.4 is 10.1 Å². The van der Waals surface area contributed by atoms with Gasteiger partial charge in [-0.2, -0.15) is 0 Å². The summed E-state index contributed by atoms with van der Waals surface area (Å²) in [5.41, 5.74) is 0.125. The van der Waals surface area contributed by atoms with E-state index < -0.39 is 11.7 Å². The van der Waals surface area contributed by atoms with Gasteiger partial charge in [0.1, 0.15) is 17.4 Å². The molecular weight excluding hydrogens is 237 g/mol. The van der Waals surface area contributed by atoms with Gasteiger partial charge >= 0.3 is 0 Å². The fourth-order valence-corrected chi connectivity index (χ4v) is 1.33. The second-order valence-corrected chi connectivity index (χ2v) is 3.43. The maximum atomic E-state index is 12.9. The molecule has 1 N–H and O–H groups in total. The Hall–Kier alpha value is -2.50. The topological polar surface area (TPSA) is 64.1 Å². The number of carbonyl (C=O) groups excluding carboxylic acids is 1. The molecule has 0 saturated heterocycles. The number of methoxy groups -OCH3 is 1. The number of hydrogen-bond acceptors (Lipinski definition) is 4. The second-order valence-electron chi connectivity index (χ2n) is 3.43. The highest BCUT2D eigenvalue weighted by atomic mass is 19.1. The van der Waals surface area contributed by atoms with Gasteiger partial charge in [-0.15, -0.1) is 0 Å². The Kier molecular flexibility index (Phi) is 3.47. The number of pyridine rings is 2. The maximum Gasteiger partial charge on any atom is 0.258 e. The number of hydrogen-bond donors (Lipinski definition) is 1. The number of amides is 1. The zero-order chi connectivity index (χ0) is 13.0. The molecule has 0 aliphatic carbocycles. The van der Waals surface area contributed by atoms with Crippen molar-refractivity contribution in [1.29, 1.82) is 0 Å². The monoisotopic (exact) mass is 247 g/mol. The largest absolute Gasteiger partial charge is 0.497 e. The molecule has 2 aromatic heterocycles. The van der Waals surface area contributed by atoms with Crippen LogP contribution >= 0.6 is 0 Å². The number of ether oxygens (including phenoxy) is 1. The Morgan fingerprint density at radius 1 is 1.39 bits per heavy atom. The third kappa shape index (κ3) is 2.79. The molecule has 0 fully saturated rings. The van der Waals surface area contributed by atoms with Gasteiger partial charge < -0.3 is 10.1 Å². The van der Waals surface area contributed by atoms with E-state index in [2.05, 4.69) is 15.3 Å². The third-order valence-electron chi connectivity index (χ3n) is 2.18. The Balaban J connectivity index is 2.16. The van der Waals surface area contributed by atoms with E-state index in [1.807, 2.05) is 0 Å². The molecule has 5 nitrogen and oxygen atoms in total. The van der Waals surface area contributed by atoms with Gasteiger partial charge in [0.05, 0.1) is 18.9 Å². The number of carbonyl (C=O) groups is 1. The molecule has 0 saturated carbocycles. The fourth-order valence-electron chi connectivity index (χ4n) is 1.33. The van der Waals surface area contributed by atoms with Gasteiger partial charge in [0.25, 0.3) is 5.91 Å². The average molecular weight is 247 g/mol. The lowest BCUT2D eigenvalue weighted by atomic mass is 10.2. The zero-order valence-corrected chi connectivity index (χ0v) is 9.55. The van der Waals surface area contributed by atoms with Crippen molar-refractivity contribution in [1.82, 2.24) is 9.97 Å². The van der Waals surface area contributed by atoms with E-state index in [0.717, 1.165) is 12.3 Å². The van der Waals surface area contributed by atoms with Crippen molar-refractivity contribution in [3.05, 3.63) is 48.2 Å². The third-order valence-corrected chi connectivity index (χ3v) is 2.18. The first kappa shape index (κ1) is 12.0. The predicted molar refractivity (Wildman–Crippen MR) is 62.9 cm³/mol. The fraction of sp³-hybridized carbons (Fsp3) is 0.0833. The number of aromatic nitrogens is 2. The molecule has 0 aromatic carbocycles. The van der Waals surface area contributed by atoms with E-state index in [0.29, 0.717) is 11.6 Å². The lowest BCUT2D eigenvalue weighted by Gasteiger charge is -2.05. The van der Waals surface area contributed by atoms with Crippen LogP contribution in [-0.4, -0.2) is 23.0 Å². The van der Waals surface area contributed by atoms with Crippen LogP contribution in [0.15, 0.2) is 36.8 Å². The van der Waals surface area contributed by atoms with E-state index in [-0.39, 0.29) is 5.56 Å². The molecule has 92 valence electrons. The van der Waals surface area contributed by atoms with Crippen LogP contribution in [0.1, 0.15) is 10.4 Å². The first-order chi connectivity index (χ1) is 8.69. The highest BCUT2D eigenvalue weighted by Crippen LogP contribution is 2.14. The van der Waals surface area contributed by atoms with Crippen LogP contribution in [0.25, 0.3) is 0 Å². The number of nitrogens with zero attached hydrogens (tertiary/aromatic N) is 2. The van der Waals surface area contributed by atoms with Gasteiger partial charge in [0.2, 0.25) is 0 Å². The van der Waals surface area contributed by atoms with E-state index in [9.17, 15) is 9.18 Å². The molecule has 0 spiro atoms. The molecular formula is C12H10FN3O2. The molecule has 6 heteroatoms. The molecule has 1 amide bonds. The summed E-state index contributed by atoms with van der Waals surface area (Å²) in [6, 6.07) is 4.31. The van der Waals surface area contributed by atoms with Crippen molar-refractivity contribution < 1.29 is 13.9 Å². The van der Waals surface area contributed by atoms with Gasteiger partial charge in [0.15, 0.2) is 0 Å². The van der Waals surface area contributed by atoms with Crippen LogP contribution in [0.4, 0.5) is 10.2 Å². The van der Waals surface area contributed by atoms with E-state index in [4.69, 9.17) is 4.74 Å². The van der Waals surface area contributed by atoms with E-state index in [1.165, 1.54) is 19.5 Å². The minimum absolute atomic E-state index is 0.125. The van der Waals surface area contributed by atoms with Crippen molar-refractivity contribution in [3.63, 3.8) is 0 Å². The van der Waals surface area contributed by atoms with Crippen molar-refractivity contribution in [2.45, 2.75) is 0 Å². The van der Waals surface area contributed by atoms with Gasteiger partial charge in [-0.05, 0) is 12.1 Å². The van der Waals surface area contributed by atoms with Gasteiger partial charge in [-0.3, -0.25) is 9.78 Å². The normalized spacial score (nSPS) is 9.89. The molecule has 2 heterocycles. The SMILES string of the molecule is COc1ccnc(NC(=O)c2cncc(F)c2)c1. The first-order valence-corrected chi connectivity index (χ1v) is 5.11. The summed E-state index contributed by atoms with van der Waals surface area (Å²) in [5.74, 6) is -0.162. The van der Waals surface area contributed by atoms with Gasteiger partial charge in [-0.25, -0.2) is 9.37 Å². The smallest absolute Gasteiger partial charge is 0.258 e. The first-order valence-electron chi connectivity index (χ1n) is 5.11. The lowest BCUT2D eigenvalue weighted by Crippen LogP contribution is -2.13.